The number of halogens is 3. The van der Waals surface area contributed by atoms with E-state index in [1.165, 1.54) is 5.56 Å². The van der Waals surface area contributed by atoms with Gasteiger partial charge in [-0.25, -0.2) is 9.59 Å². The molecule has 1 spiro atoms. The predicted molar refractivity (Wildman–Crippen MR) is 109 cm³/mol. The Bertz CT molecular complexity index is 822. The highest BCUT2D eigenvalue weighted by atomic mass is 19.4. The summed E-state index contributed by atoms with van der Waals surface area (Å²) in [5, 5.41) is 13.2. The fourth-order valence-electron chi connectivity index (χ4n) is 3.98. The van der Waals surface area contributed by atoms with Crippen molar-refractivity contribution in [1.82, 2.24) is 20.4 Å². The van der Waals surface area contributed by atoms with Gasteiger partial charge in [-0.15, -0.1) is 0 Å². The van der Waals surface area contributed by atoms with Gasteiger partial charge in [-0.1, -0.05) is 30.3 Å². The Hall–Kier alpha value is -2.82. The van der Waals surface area contributed by atoms with Crippen LogP contribution in [0.2, 0.25) is 0 Å². The maximum atomic E-state index is 12.8. The highest BCUT2D eigenvalue weighted by Crippen LogP contribution is 2.33. The molecule has 11 heteroatoms. The third kappa shape index (κ3) is 5.90. The van der Waals surface area contributed by atoms with Crippen molar-refractivity contribution < 1.29 is 32.7 Å². The van der Waals surface area contributed by atoms with E-state index >= 15 is 0 Å². The zero-order chi connectivity index (χ0) is 23.4. The van der Waals surface area contributed by atoms with E-state index in [1.54, 1.807) is 0 Å². The van der Waals surface area contributed by atoms with E-state index in [4.69, 9.17) is 9.90 Å². The summed E-state index contributed by atoms with van der Waals surface area (Å²) in [5.74, 6) is -2.63. The van der Waals surface area contributed by atoms with Crippen LogP contribution in [0.4, 0.5) is 18.0 Å². The maximum absolute atomic E-state index is 12.8. The van der Waals surface area contributed by atoms with Crippen molar-refractivity contribution in [3.8, 4) is 0 Å². The molecule has 2 saturated heterocycles. The molecule has 4 rings (SSSR count). The third-order valence-corrected chi connectivity index (χ3v) is 5.94. The van der Waals surface area contributed by atoms with Gasteiger partial charge in [0.25, 0.3) is 0 Å². The van der Waals surface area contributed by atoms with Crippen molar-refractivity contribution >= 4 is 17.9 Å². The van der Waals surface area contributed by atoms with Gasteiger partial charge < -0.3 is 20.6 Å². The zero-order valence-corrected chi connectivity index (χ0v) is 17.5. The van der Waals surface area contributed by atoms with E-state index < -0.39 is 17.7 Å². The van der Waals surface area contributed by atoms with Crippen LogP contribution in [0.3, 0.4) is 0 Å². The summed E-state index contributed by atoms with van der Waals surface area (Å²) in [6.07, 6.45) is -1.50. The van der Waals surface area contributed by atoms with Crippen LogP contribution < -0.4 is 10.6 Å². The summed E-state index contributed by atoms with van der Waals surface area (Å²) in [6.45, 7) is 3.60. The number of hydrogen-bond donors (Lipinski definition) is 3. The molecule has 3 N–H and O–H groups in total. The van der Waals surface area contributed by atoms with Crippen LogP contribution in [-0.4, -0.2) is 76.8 Å². The predicted octanol–water partition coefficient (Wildman–Crippen LogP) is 1.96. The molecule has 3 fully saturated rings. The molecule has 0 radical (unpaired) electrons. The summed E-state index contributed by atoms with van der Waals surface area (Å²) in [4.78, 5) is 38.1. The van der Waals surface area contributed by atoms with Crippen LogP contribution in [-0.2, 0) is 16.1 Å². The minimum absolute atomic E-state index is 0.0307. The Balaban J connectivity index is 0.000000360. The van der Waals surface area contributed by atoms with E-state index in [0.717, 1.165) is 25.9 Å². The van der Waals surface area contributed by atoms with Gasteiger partial charge in [0.15, 0.2) is 0 Å². The van der Waals surface area contributed by atoms with Crippen LogP contribution in [0.15, 0.2) is 30.3 Å². The fraction of sp³-hybridized carbons (Fsp3) is 0.571. The number of aliphatic carboxylic acids is 1. The highest BCUT2D eigenvalue weighted by Gasteiger charge is 2.48. The molecule has 1 aromatic carbocycles. The Morgan fingerprint density at radius 1 is 1.12 bits per heavy atom. The summed E-state index contributed by atoms with van der Waals surface area (Å²) in [5.41, 5.74) is 0.746. The van der Waals surface area contributed by atoms with Crippen molar-refractivity contribution in [3.63, 3.8) is 0 Å². The van der Waals surface area contributed by atoms with Crippen molar-refractivity contribution in [2.45, 2.75) is 50.0 Å². The number of rotatable bonds is 3. The molecule has 0 bridgehead atoms. The van der Waals surface area contributed by atoms with Crippen LogP contribution >= 0.6 is 0 Å². The lowest BCUT2D eigenvalue weighted by Gasteiger charge is -2.50. The number of benzene rings is 1. The summed E-state index contributed by atoms with van der Waals surface area (Å²) >= 11 is 0. The number of carboxylic acid groups (broad SMARTS) is 1. The summed E-state index contributed by atoms with van der Waals surface area (Å²) < 4.78 is 31.7. The number of nitrogens with zero attached hydrogens (tertiary/aromatic N) is 2. The SMILES string of the molecule is O=C(NC1CC1)N1CCC2(CC1)C(=O)NCCN2Cc1ccccc1.O=C(O)C(F)(F)F. The molecule has 1 aromatic rings. The molecule has 8 nitrogen and oxygen atoms in total. The Kier molecular flexibility index (Phi) is 7.27. The monoisotopic (exact) mass is 456 g/mol. The van der Waals surface area contributed by atoms with Gasteiger partial charge in [0, 0.05) is 38.8 Å². The standard InChI is InChI=1S/C19H26N4O2.C2HF3O2/c24-17-19(8-11-22(12-9-19)18(25)21-16-6-7-16)23(13-10-20-17)14-15-4-2-1-3-5-15;3-2(4,5)1(6)7/h1-5,16H,6-14H2,(H,20,24)(H,21,25);(H,6,7). The van der Waals surface area contributed by atoms with Crippen molar-refractivity contribution in [2.75, 3.05) is 26.2 Å². The fourth-order valence-corrected chi connectivity index (χ4v) is 3.98. The average Bonchev–Trinajstić information content (AvgIpc) is 3.56. The average molecular weight is 456 g/mol. The minimum atomic E-state index is -5.08. The van der Waals surface area contributed by atoms with Crippen molar-refractivity contribution in [2.24, 2.45) is 0 Å². The molecule has 1 saturated carbocycles. The molecular formula is C21H27F3N4O4. The highest BCUT2D eigenvalue weighted by molar-refractivity contribution is 5.87. The van der Waals surface area contributed by atoms with Crippen LogP contribution in [0.1, 0.15) is 31.2 Å². The topological polar surface area (TPSA) is 102 Å². The number of piperazine rings is 1. The maximum Gasteiger partial charge on any atom is 0.490 e. The second-order valence-electron chi connectivity index (χ2n) is 8.21. The van der Waals surface area contributed by atoms with E-state index in [1.807, 2.05) is 23.1 Å². The lowest BCUT2D eigenvalue weighted by molar-refractivity contribution is -0.192. The molecule has 1 aliphatic carbocycles. The lowest BCUT2D eigenvalue weighted by atomic mass is 9.83. The summed E-state index contributed by atoms with van der Waals surface area (Å²) in [6, 6.07) is 10.7. The first-order valence-corrected chi connectivity index (χ1v) is 10.5. The quantitative estimate of drug-likeness (QED) is 0.646. The number of amides is 3. The smallest absolute Gasteiger partial charge is 0.475 e. The number of carbonyl (C=O) groups excluding carboxylic acids is 2. The van der Waals surface area contributed by atoms with Gasteiger partial charge in [0.2, 0.25) is 5.91 Å². The van der Waals surface area contributed by atoms with Crippen molar-refractivity contribution in [1.29, 1.82) is 0 Å². The largest absolute Gasteiger partial charge is 0.490 e. The number of hydrogen-bond acceptors (Lipinski definition) is 4. The first kappa shape index (κ1) is 23.8. The molecule has 176 valence electrons. The lowest BCUT2D eigenvalue weighted by Crippen LogP contribution is -2.68. The Morgan fingerprint density at radius 3 is 2.25 bits per heavy atom. The van der Waals surface area contributed by atoms with E-state index in [2.05, 4.69) is 27.7 Å². The van der Waals surface area contributed by atoms with E-state index in [0.29, 0.717) is 38.5 Å². The molecule has 0 atom stereocenters. The van der Waals surface area contributed by atoms with Crippen molar-refractivity contribution in [3.05, 3.63) is 35.9 Å². The number of carboxylic acids is 1. The van der Waals surface area contributed by atoms with Gasteiger partial charge in [0.05, 0.1) is 0 Å². The molecule has 3 amide bonds. The Morgan fingerprint density at radius 2 is 1.72 bits per heavy atom. The summed E-state index contributed by atoms with van der Waals surface area (Å²) in [7, 11) is 0. The van der Waals surface area contributed by atoms with Crippen LogP contribution in [0, 0.1) is 0 Å². The van der Waals surface area contributed by atoms with Gasteiger partial charge in [0.1, 0.15) is 5.54 Å². The van der Waals surface area contributed by atoms with Gasteiger partial charge >= 0.3 is 18.2 Å². The molecular weight excluding hydrogens is 429 g/mol. The molecule has 0 aromatic heterocycles. The number of likely N-dealkylation sites (tertiary alicyclic amines) is 1. The minimum Gasteiger partial charge on any atom is -0.475 e. The second-order valence-corrected chi connectivity index (χ2v) is 8.21. The molecule has 2 heterocycles. The second kappa shape index (κ2) is 9.76. The van der Waals surface area contributed by atoms with Gasteiger partial charge in [-0.05, 0) is 31.2 Å². The van der Waals surface area contributed by atoms with E-state index in [9.17, 15) is 22.8 Å². The first-order valence-electron chi connectivity index (χ1n) is 10.5. The number of piperidine rings is 1. The number of carbonyl (C=O) groups is 3. The Labute approximate surface area is 183 Å². The molecule has 0 unspecified atom stereocenters. The number of urea groups is 1. The molecule has 2 aliphatic heterocycles. The van der Waals surface area contributed by atoms with Gasteiger partial charge in [-0.2, -0.15) is 13.2 Å². The molecule has 3 aliphatic rings. The normalized spacial score (nSPS) is 20.7. The van der Waals surface area contributed by atoms with Crippen LogP contribution in [0.25, 0.3) is 0 Å². The zero-order valence-electron chi connectivity index (χ0n) is 17.5. The van der Waals surface area contributed by atoms with Crippen LogP contribution in [0.5, 0.6) is 0 Å². The first-order chi connectivity index (χ1) is 15.1. The van der Waals surface area contributed by atoms with Gasteiger partial charge in [-0.3, -0.25) is 9.69 Å². The number of alkyl halides is 3. The van der Waals surface area contributed by atoms with E-state index in [-0.39, 0.29) is 11.9 Å². The third-order valence-electron chi connectivity index (χ3n) is 5.94. The number of nitrogens with one attached hydrogen (secondary N) is 2. The molecule has 32 heavy (non-hydrogen) atoms.